The molecule has 0 spiro atoms. The number of hydrogen-bond acceptors (Lipinski definition) is 4. The van der Waals surface area contributed by atoms with E-state index in [2.05, 4.69) is 11.1 Å². The molecule has 0 amide bonds. The lowest BCUT2D eigenvalue weighted by Gasteiger charge is -2.04. The summed E-state index contributed by atoms with van der Waals surface area (Å²) in [4.78, 5) is 4.02. The average molecular weight is 235 g/mol. The van der Waals surface area contributed by atoms with E-state index in [9.17, 15) is 0 Å². The number of hydrogen-bond donors (Lipinski definition) is 0. The molecule has 1 aromatic heterocycles. The third kappa shape index (κ3) is 2.84. The van der Waals surface area contributed by atoms with Crippen LogP contribution in [0.15, 0.2) is 42.6 Å². The van der Waals surface area contributed by atoms with Gasteiger partial charge in [-0.3, -0.25) is 0 Å². The van der Waals surface area contributed by atoms with E-state index in [0.717, 1.165) is 5.56 Å². The molecule has 0 fully saturated rings. The number of benzene rings is 1. The summed E-state index contributed by atoms with van der Waals surface area (Å²) in [5.41, 5.74) is 1.43. The second-order valence-electron chi connectivity index (χ2n) is 3.58. The molecule has 0 aliphatic heterocycles. The van der Waals surface area contributed by atoms with Gasteiger partial charge in [0.1, 0.15) is 5.75 Å². The maximum Gasteiger partial charge on any atom is 0.220 e. The quantitative estimate of drug-likeness (QED) is 0.820. The Balaban J connectivity index is 2.14. The van der Waals surface area contributed by atoms with Crippen molar-refractivity contribution in [2.75, 3.05) is 0 Å². The summed E-state index contributed by atoms with van der Waals surface area (Å²) in [5, 5.41) is 17.3. The molecule has 0 unspecified atom stereocenters. The van der Waals surface area contributed by atoms with Gasteiger partial charge in [-0.1, -0.05) is 12.1 Å². The van der Waals surface area contributed by atoms with Gasteiger partial charge in [0, 0.05) is 12.3 Å². The van der Waals surface area contributed by atoms with Gasteiger partial charge in [-0.05, 0) is 23.8 Å². The average Bonchev–Trinajstić information content (AvgIpc) is 2.42. The molecule has 0 saturated heterocycles. The molecule has 0 N–H and O–H groups in total. The van der Waals surface area contributed by atoms with Crippen LogP contribution in [-0.4, -0.2) is 4.98 Å². The molecule has 0 saturated carbocycles. The second kappa shape index (κ2) is 5.47. The van der Waals surface area contributed by atoms with Crippen molar-refractivity contribution in [3.05, 3.63) is 53.7 Å². The molecule has 2 rings (SSSR count). The van der Waals surface area contributed by atoms with Crippen LogP contribution in [0.5, 0.6) is 11.6 Å². The van der Waals surface area contributed by atoms with Crippen molar-refractivity contribution >= 4 is 0 Å². The van der Waals surface area contributed by atoms with Crippen molar-refractivity contribution in [3.63, 3.8) is 0 Å². The summed E-state index contributed by atoms with van der Waals surface area (Å²) in [5.74, 6) is 1.00. The van der Waals surface area contributed by atoms with E-state index in [-0.39, 0.29) is 0 Å². The van der Waals surface area contributed by atoms with Gasteiger partial charge in [0.25, 0.3) is 0 Å². The minimum atomic E-state index is 0.377. The first-order valence-electron chi connectivity index (χ1n) is 5.32. The molecule has 1 heterocycles. The number of nitrogens with zero attached hydrogens (tertiary/aromatic N) is 3. The molecule has 86 valence electrons. The molecule has 0 radical (unpaired) electrons. The van der Waals surface area contributed by atoms with Crippen LogP contribution in [0.1, 0.15) is 11.1 Å². The van der Waals surface area contributed by atoms with Crippen LogP contribution < -0.4 is 4.74 Å². The molecule has 2 aromatic rings. The van der Waals surface area contributed by atoms with Crippen LogP contribution in [0.4, 0.5) is 0 Å². The van der Waals surface area contributed by atoms with E-state index in [1.807, 2.05) is 18.2 Å². The van der Waals surface area contributed by atoms with E-state index >= 15 is 0 Å². The van der Waals surface area contributed by atoms with Gasteiger partial charge in [-0.15, -0.1) is 0 Å². The van der Waals surface area contributed by atoms with Crippen LogP contribution in [0.2, 0.25) is 0 Å². The van der Waals surface area contributed by atoms with Crippen molar-refractivity contribution in [3.8, 4) is 23.8 Å². The first-order valence-corrected chi connectivity index (χ1v) is 5.32. The Hall–Kier alpha value is -2.85. The number of pyridine rings is 1. The minimum absolute atomic E-state index is 0.377. The smallest absolute Gasteiger partial charge is 0.220 e. The highest BCUT2D eigenvalue weighted by molar-refractivity contribution is 5.35. The highest BCUT2D eigenvalue weighted by atomic mass is 16.5. The molecule has 0 bridgehead atoms. The maximum absolute atomic E-state index is 8.76. The van der Waals surface area contributed by atoms with Gasteiger partial charge in [-0.25, -0.2) is 4.98 Å². The van der Waals surface area contributed by atoms with Gasteiger partial charge >= 0.3 is 0 Å². The highest BCUT2D eigenvalue weighted by Crippen LogP contribution is 2.20. The lowest BCUT2D eigenvalue weighted by atomic mass is 10.2. The van der Waals surface area contributed by atoms with Gasteiger partial charge in [0.2, 0.25) is 5.88 Å². The Kier molecular flexibility index (Phi) is 3.53. The van der Waals surface area contributed by atoms with Crippen LogP contribution in [0.25, 0.3) is 0 Å². The molecule has 4 heteroatoms. The standard InChI is InChI=1S/C14H9N3O/c15-7-5-11-1-3-13(4-2-11)18-14-9-12(10-16)6-8-17-14/h1-4,6,8-9H,5H2. The number of nitriles is 2. The van der Waals surface area contributed by atoms with Crippen molar-refractivity contribution in [1.82, 2.24) is 4.98 Å². The molecular weight excluding hydrogens is 226 g/mol. The third-order valence-corrected chi connectivity index (χ3v) is 2.29. The van der Waals surface area contributed by atoms with Crippen molar-refractivity contribution in [2.24, 2.45) is 0 Å². The van der Waals surface area contributed by atoms with Crippen LogP contribution in [-0.2, 0) is 6.42 Å². The third-order valence-electron chi connectivity index (χ3n) is 2.29. The van der Waals surface area contributed by atoms with Crippen molar-refractivity contribution < 1.29 is 4.74 Å². The summed E-state index contributed by atoms with van der Waals surface area (Å²) in [6.07, 6.45) is 1.90. The Labute approximate surface area is 105 Å². The Morgan fingerprint density at radius 1 is 1.11 bits per heavy atom. The fraction of sp³-hybridized carbons (Fsp3) is 0.0714. The summed E-state index contributed by atoms with van der Waals surface area (Å²) in [7, 11) is 0. The lowest BCUT2D eigenvalue weighted by Crippen LogP contribution is -1.89. The summed E-state index contributed by atoms with van der Waals surface area (Å²) in [6.45, 7) is 0. The summed E-state index contributed by atoms with van der Waals surface area (Å²) in [6, 6.07) is 14.5. The largest absolute Gasteiger partial charge is 0.439 e. The van der Waals surface area contributed by atoms with Gasteiger partial charge in [0.15, 0.2) is 0 Å². The van der Waals surface area contributed by atoms with Gasteiger partial charge in [0.05, 0.1) is 24.1 Å². The highest BCUT2D eigenvalue weighted by Gasteiger charge is 2.00. The topological polar surface area (TPSA) is 69.7 Å². The zero-order valence-corrected chi connectivity index (χ0v) is 9.50. The molecule has 18 heavy (non-hydrogen) atoms. The predicted molar refractivity (Wildman–Crippen MR) is 64.8 cm³/mol. The second-order valence-corrected chi connectivity index (χ2v) is 3.58. The van der Waals surface area contributed by atoms with Crippen LogP contribution in [0.3, 0.4) is 0 Å². The molecule has 4 nitrogen and oxygen atoms in total. The van der Waals surface area contributed by atoms with E-state index in [0.29, 0.717) is 23.6 Å². The zero-order valence-electron chi connectivity index (χ0n) is 9.50. The maximum atomic E-state index is 8.76. The molecule has 0 atom stereocenters. The first-order chi connectivity index (χ1) is 8.81. The monoisotopic (exact) mass is 235 g/mol. The van der Waals surface area contributed by atoms with Gasteiger partial charge in [-0.2, -0.15) is 10.5 Å². The number of ether oxygens (including phenoxy) is 1. The van der Waals surface area contributed by atoms with Crippen LogP contribution in [0, 0.1) is 22.7 Å². The SMILES string of the molecule is N#CCc1ccc(Oc2cc(C#N)ccn2)cc1. The summed E-state index contributed by atoms with van der Waals surface area (Å²) < 4.78 is 5.51. The van der Waals surface area contributed by atoms with Crippen LogP contribution >= 0.6 is 0 Å². The fourth-order valence-electron chi connectivity index (χ4n) is 1.42. The number of rotatable bonds is 3. The molecular formula is C14H9N3O. The first kappa shape index (κ1) is 11.6. The van der Waals surface area contributed by atoms with E-state index < -0.39 is 0 Å². The number of aromatic nitrogens is 1. The van der Waals surface area contributed by atoms with Crippen molar-refractivity contribution in [1.29, 1.82) is 10.5 Å². The Bertz CT molecular complexity index is 621. The Morgan fingerprint density at radius 2 is 1.89 bits per heavy atom. The fourth-order valence-corrected chi connectivity index (χ4v) is 1.42. The normalized spacial score (nSPS) is 9.22. The minimum Gasteiger partial charge on any atom is -0.439 e. The van der Waals surface area contributed by atoms with Gasteiger partial charge < -0.3 is 4.74 Å². The predicted octanol–water partition coefficient (Wildman–Crippen LogP) is 2.81. The molecule has 0 aliphatic rings. The summed E-state index contributed by atoms with van der Waals surface area (Å²) >= 11 is 0. The van der Waals surface area contributed by atoms with E-state index in [1.54, 1.807) is 24.3 Å². The van der Waals surface area contributed by atoms with E-state index in [1.165, 1.54) is 6.20 Å². The lowest BCUT2D eigenvalue weighted by molar-refractivity contribution is 0.462. The van der Waals surface area contributed by atoms with Crippen molar-refractivity contribution in [2.45, 2.75) is 6.42 Å². The van der Waals surface area contributed by atoms with E-state index in [4.69, 9.17) is 15.3 Å². The zero-order chi connectivity index (χ0) is 12.8. The Morgan fingerprint density at radius 3 is 2.56 bits per heavy atom. The molecule has 0 aliphatic carbocycles. The molecule has 1 aromatic carbocycles.